The maximum absolute atomic E-state index is 12.3. The number of aromatic amines is 1. The predicted molar refractivity (Wildman–Crippen MR) is 107 cm³/mol. The van der Waals surface area contributed by atoms with Crippen molar-refractivity contribution < 1.29 is 4.79 Å². The number of nitrogens with one attached hydrogen (secondary N) is 2. The van der Waals surface area contributed by atoms with Gasteiger partial charge in [0.15, 0.2) is 5.82 Å². The topological polar surface area (TPSA) is 96.7 Å². The van der Waals surface area contributed by atoms with Gasteiger partial charge in [0.25, 0.3) is 0 Å². The molecular formula is C21H25N5O. The van der Waals surface area contributed by atoms with Crippen LogP contribution in [0.2, 0.25) is 0 Å². The van der Waals surface area contributed by atoms with E-state index in [9.17, 15) is 4.79 Å². The van der Waals surface area contributed by atoms with Crippen LogP contribution < -0.4 is 11.1 Å². The molecule has 1 aromatic heterocycles. The molecule has 4 N–H and O–H groups in total. The first-order chi connectivity index (χ1) is 13.0. The Morgan fingerprint density at radius 1 is 1.07 bits per heavy atom. The van der Waals surface area contributed by atoms with Crippen LogP contribution in [-0.4, -0.2) is 21.1 Å². The molecule has 0 saturated heterocycles. The number of aromatic nitrogens is 3. The van der Waals surface area contributed by atoms with Crippen LogP contribution in [0.3, 0.4) is 0 Å². The van der Waals surface area contributed by atoms with Crippen molar-refractivity contribution in [2.24, 2.45) is 11.7 Å². The monoisotopic (exact) mass is 363 g/mol. The number of benzene rings is 2. The second-order valence-corrected chi connectivity index (χ2v) is 7.03. The third kappa shape index (κ3) is 5.24. The molecule has 3 rings (SSSR count). The van der Waals surface area contributed by atoms with Gasteiger partial charge in [0.1, 0.15) is 5.82 Å². The zero-order valence-electron chi connectivity index (χ0n) is 15.7. The molecule has 1 heterocycles. The molecule has 0 aliphatic heterocycles. The maximum atomic E-state index is 12.3. The van der Waals surface area contributed by atoms with E-state index < -0.39 is 0 Å². The SMILES string of the molecule is CC(C)Cc1ccc(CC(=O)Nc2ccc(-c3n[nH]c(CN)n3)cc2)cc1. The Labute approximate surface area is 159 Å². The third-order valence-corrected chi connectivity index (χ3v) is 4.18. The van der Waals surface area contributed by atoms with E-state index in [0.29, 0.717) is 30.5 Å². The fourth-order valence-electron chi connectivity index (χ4n) is 2.87. The number of hydrogen-bond acceptors (Lipinski definition) is 4. The molecule has 3 aromatic rings. The molecule has 1 amide bonds. The van der Waals surface area contributed by atoms with Gasteiger partial charge in [-0.15, -0.1) is 0 Å². The summed E-state index contributed by atoms with van der Waals surface area (Å²) in [5.41, 5.74) is 9.45. The van der Waals surface area contributed by atoms with E-state index in [1.54, 1.807) is 0 Å². The number of carbonyl (C=O) groups excluding carboxylic acids is 1. The second-order valence-electron chi connectivity index (χ2n) is 7.03. The molecule has 27 heavy (non-hydrogen) atoms. The third-order valence-electron chi connectivity index (χ3n) is 4.18. The molecule has 140 valence electrons. The summed E-state index contributed by atoms with van der Waals surface area (Å²) >= 11 is 0. The van der Waals surface area contributed by atoms with Crippen molar-refractivity contribution >= 4 is 11.6 Å². The number of H-pyrrole nitrogens is 1. The fraction of sp³-hybridized carbons (Fsp3) is 0.286. The minimum absolute atomic E-state index is 0.0392. The largest absolute Gasteiger partial charge is 0.326 e. The average Bonchev–Trinajstić information content (AvgIpc) is 3.13. The van der Waals surface area contributed by atoms with Crippen LogP contribution in [-0.2, 0) is 24.2 Å². The van der Waals surface area contributed by atoms with Gasteiger partial charge in [-0.25, -0.2) is 4.98 Å². The highest BCUT2D eigenvalue weighted by molar-refractivity contribution is 5.92. The Bertz CT molecular complexity index is 882. The van der Waals surface area contributed by atoms with Gasteiger partial charge in [-0.05, 0) is 47.7 Å². The van der Waals surface area contributed by atoms with E-state index in [4.69, 9.17) is 5.73 Å². The molecule has 0 radical (unpaired) electrons. The van der Waals surface area contributed by atoms with Gasteiger partial charge in [-0.3, -0.25) is 9.89 Å². The van der Waals surface area contributed by atoms with Gasteiger partial charge in [0, 0.05) is 11.3 Å². The quantitative estimate of drug-likeness (QED) is 0.600. The molecule has 6 nitrogen and oxygen atoms in total. The lowest BCUT2D eigenvalue weighted by molar-refractivity contribution is -0.115. The lowest BCUT2D eigenvalue weighted by Crippen LogP contribution is -2.14. The van der Waals surface area contributed by atoms with E-state index in [-0.39, 0.29) is 5.91 Å². The van der Waals surface area contributed by atoms with Gasteiger partial charge < -0.3 is 11.1 Å². The highest BCUT2D eigenvalue weighted by atomic mass is 16.1. The Morgan fingerprint density at radius 3 is 2.33 bits per heavy atom. The van der Waals surface area contributed by atoms with Crippen molar-refractivity contribution in [3.05, 3.63) is 65.5 Å². The summed E-state index contributed by atoms with van der Waals surface area (Å²) in [6, 6.07) is 15.7. The van der Waals surface area contributed by atoms with Crippen LogP contribution in [0.15, 0.2) is 48.5 Å². The number of nitrogens with zero attached hydrogens (tertiary/aromatic N) is 2. The lowest BCUT2D eigenvalue weighted by Gasteiger charge is -2.08. The molecule has 6 heteroatoms. The lowest BCUT2D eigenvalue weighted by atomic mass is 10.0. The maximum Gasteiger partial charge on any atom is 0.228 e. The van der Waals surface area contributed by atoms with Crippen LogP contribution in [0.4, 0.5) is 5.69 Å². The zero-order chi connectivity index (χ0) is 19.2. The summed E-state index contributed by atoms with van der Waals surface area (Å²) in [5, 5.41) is 9.84. The molecule has 0 unspecified atom stereocenters. The molecule has 0 aliphatic carbocycles. The van der Waals surface area contributed by atoms with Crippen molar-refractivity contribution in [3.8, 4) is 11.4 Å². The second kappa shape index (κ2) is 8.60. The highest BCUT2D eigenvalue weighted by Crippen LogP contribution is 2.18. The van der Waals surface area contributed by atoms with Gasteiger partial charge in [0.05, 0.1) is 13.0 Å². The summed E-state index contributed by atoms with van der Waals surface area (Å²) < 4.78 is 0. The van der Waals surface area contributed by atoms with Gasteiger partial charge >= 0.3 is 0 Å². The molecular weight excluding hydrogens is 338 g/mol. The van der Waals surface area contributed by atoms with Gasteiger partial charge in [-0.1, -0.05) is 38.1 Å². The fourth-order valence-corrected chi connectivity index (χ4v) is 2.87. The summed E-state index contributed by atoms with van der Waals surface area (Å²) in [4.78, 5) is 16.6. The zero-order valence-corrected chi connectivity index (χ0v) is 15.7. The molecule has 0 bridgehead atoms. The van der Waals surface area contributed by atoms with E-state index in [0.717, 1.165) is 23.2 Å². The smallest absolute Gasteiger partial charge is 0.228 e. The number of amides is 1. The first-order valence-corrected chi connectivity index (χ1v) is 9.13. The normalized spacial score (nSPS) is 11.0. The Kier molecular flexibility index (Phi) is 5.98. The number of carbonyl (C=O) groups is 1. The van der Waals surface area contributed by atoms with Crippen molar-refractivity contribution in [3.63, 3.8) is 0 Å². The number of anilines is 1. The first-order valence-electron chi connectivity index (χ1n) is 9.13. The number of hydrogen-bond donors (Lipinski definition) is 3. The van der Waals surface area contributed by atoms with Crippen LogP contribution in [0, 0.1) is 5.92 Å². The van der Waals surface area contributed by atoms with Crippen LogP contribution >= 0.6 is 0 Å². The van der Waals surface area contributed by atoms with Crippen molar-refractivity contribution in [1.29, 1.82) is 0 Å². The molecule has 0 atom stereocenters. The Balaban J connectivity index is 1.57. The Morgan fingerprint density at radius 2 is 1.74 bits per heavy atom. The first kappa shape index (κ1) is 18.8. The van der Waals surface area contributed by atoms with E-state index >= 15 is 0 Å². The molecule has 0 saturated carbocycles. The van der Waals surface area contributed by atoms with Crippen molar-refractivity contribution in [2.75, 3.05) is 5.32 Å². The number of nitrogens with two attached hydrogens (primary N) is 1. The van der Waals surface area contributed by atoms with Gasteiger partial charge in [-0.2, -0.15) is 5.10 Å². The van der Waals surface area contributed by atoms with Gasteiger partial charge in [0.2, 0.25) is 5.91 Å². The van der Waals surface area contributed by atoms with E-state index in [1.165, 1.54) is 5.56 Å². The molecule has 2 aromatic carbocycles. The average molecular weight is 363 g/mol. The Hall–Kier alpha value is -2.99. The van der Waals surface area contributed by atoms with E-state index in [2.05, 4.69) is 46.5 Å². The summed E-state index contributed by atoms with van der Waals surface area (Å²) in [6.45, 7) is 4.72. The minimum Gasteiger partial charge on any atom is -0.326 e. The number of rotatable bonds is 7. The van der Waals surface area contributed by atoms with Crippen LogP contribution in [0.25, 0.3) is 11.4 Å². The standard InChI is InChI=1S/C21H25N5O/c1-14(2)11-15-3-5-16(6-4-15)12-20(27)23-18-9-7-17(8-10-18)21-24-19(13-22)25-26-21/h3-10,14H,11-13,22H2,1-2H3,(H,23,27)(H,24,25,26). The molecule has 0 aliphatic rings. The summed E-state index contributed by atoms with van der Waals surface area (Å²) in [7, 11) is 0. The minimum atomic E-state index is -0.0392. The van der Waals surface area contributed by atoms with Crippen LogP contribution in [0.5, 0.6) is 0 Å². The van der Waals surface area contributed by atoms with Crippen molar-refractivity contribution in [2.45, 2.75) is 33.2 Å². The van der Waals surface area contributed by atoms with Crippen molar-refractivity contribution in [1.82, 2.24) is 15.2 Å². The summed E-state index contributed by atoms with van der Waals surface area (Å²) in [6.07, 6.45) is 1.40. The van der Waals surface area contributed by atoms with E-state index in [1.807, 2.05) is 36.4 Å². The summed E-state index contributed by atoms with van der Waals surface area (Å²) in [5.74, 6) is 1.82. The molecule has 0 spiro atoms. The van der Waals surface area contributed by atoms with Crippen LogP contribution in [0.1, 0.15) is 30.8 Å². The molecule has 0 fully saturated rings. The highest BCUT2D eigenvalue weighted by Gasteiger charge is 2.07. The predicted octanol–water partition coefficient (Wildman–Crippen LogP) is 3.31.